The van der Waals surface area contributed by atoms with Crippen LogP contribution in [-0.4, -0.2) is 51.6 Å². The van der Waals surface area contributed by atoms with Crippen LogP contribution in [0.4, 0.5) is 0 Å². The summed E-state index contributed by atoms with van der Waals surface area (Å²) in [6.45, 7) is 1.65. The summed E-state index contributed by atoms with van der Waals surface area (Å²) in [5.74, 6) is 2.90. The maximum atomic E-state index is 12.8. The summed E-state index contributed by atoms with van der Waals surface area (Å²) in [7, 11) is 1.83. The molecule has 0 saturated heterocycles. The van der Waals surface area contributed by atoms with Crippen molar-refractivity contribution in [3.05, 3.63) is 52.0 Å². The Morgan fingerprint density at radius 2 is 2.06 bits per heavy atom. The van der Waals surface area contributed by atoms with E-state index in [0.717, 1.165) is 47.3 Å². The van der Waals surface area contributed by atoms with Gasteiger partial charge in [-0.2, -0.15) is 0 Å². The molecular formula is C22H24N4O3S2. The average molecular weight is 457 g/mol. The molecule has 0 bridgehead atoms. The fourth-order valence-electron chi connectivity index (χ4n) is 3.58. The van der Waals surface area contributed by atoms with Gasteiger partial charge < -0.3 is 18.9 Å². The zero-order valence-electron chi connectivity index (χ0n) is 17.3. The largest absolute Gasteiger partial charge is 0.486 e. The molecule has 0 N–H and O–H groups in total. The molecular weight excluding hydrogens is 432 g/mol. The van der Waals surface area contributed by atoms with Gasteiger partial charge in [-0.15, -0.1) is 21.5 Å². The summed E-state index contributed by atoms with van der Waals surface area (Å²) >= 11 is 3.21. The van der Waals surface area contributed by atoms with Crippen LogP contribution in [0.2, 0.25) is 0 Å². The van der Waals surface area contributed by atoms with E-state index in [2.05, 4.69) is 32.3 Å². The number of fused-ring (bicyclic) bond motifs is 1. The van der Waals surface area contributed by atoms with Gasteiger partial charge in [0, 0.05) is 30.9 Å². The third-order valence-corrected chi connectivity index (χ3v) is 7.14. The SMILES string of the molecule is CN(Cc1ccc2c(c1)OCCO2)C(=O)CSc1nnc(Cc2cccs2)n1C1CC1. The minimum Gasteiger partial charge on any atom is -0.486 e. The van der Waals surface area contributed by atoms with Gasteiger partial charge in [-0.3, -0.25) is 4.79 Å². The molecule has 31 heavy (non-hydrogen) atoms. The Balaban J connectivity index is 1.21. The number of nitrogens with zero attached hydrogens (tertiary/aromatic N) is 4. The zero-order chi connectivity index (χ0) is 21.2. The third-order valence-electron chi connectivity index (χ3n) is 5.34. The predicted molar refractivity (Wildman–Crippen MR) is 120 cm³/mol. The van der Waals surface area contributed by atoms with Crippen LogP contribution in [0.25, 0.3) is 0 Å². The quantitative estimate of drug-likeness (QED) is 0.481. The molecule has 3 heterocycles. The maximum Gasteiger partial charge on any atom is 0.233 e. The molecule has 0 radical (unpaired) electrons. The highest BCUT2D eigenvalue weighted by atomic mass is 32.2. The van der Waals surface area contributed by atoms with Gasteiger partial charge in [0.05, 0.1) is 5.75 Å². The normalized spacial score (nSPS) is 15.1. The van der Waals surface area contributed by atoms with E-state index < -0.39 is 0 Å². The van der Waals surface area contributed by atoms with E-state index in [1.165, 1.54) is 16.6 Å². The lowest BCUT2D eigenvalue weighted by Crippen LogP contribution is -2.28. The number of ether oxygens (including phenoxy) is 2. The minimum absolute atomic E-state index is 0.0602. The van der Waals surface area contributed by atoms with Gasteiger partial charge >= 0.3 is 0 Å². The number of carbonyl (C=O) groups excluding carboxylic acids is 1. The number of rotatable bonds is 8. The number of hydrogen-bond donors (Lipinski definition) is 0. The monoisotopic (exact) mass is 456 g/mol. The minimum atomic E-state index is 0.0602. The van der Waals surface area contributed by atoms with Crippen molar-refractivity contribution in [2.75, 3.05) is 26.0 Å². The lowest BCUT2D eigenvalue weighted by molar-refractivity contribution is -0.127. The second-order valence-corrected chi connectivity index (χ2v) is 9.75. The van der Waals surface area contributed by atoms with Crippen molar-refractivity contribution in [1.29, 1.82) is 0 Å². The highest BCUT2D eigenvalue weighted by molar-refractivity contribution is 7.99. The summed E-state index contributed by atoms with van der Waals surface area (Å²) in [5.41, 5.74) is 1.02. The molecule has 1 aliphatic heterocycles. The first kappa shape index (κ1) is 20.4. The standard InChI is InChI=1S/C22H24N4O3S2/c1-25(13-15-4-7-18-19(11-15)29-9-8-28-18)21(27)14-31-22-24-23-20(26(22)16-5-6-16)12-17-3-2-10-30-17/h2-4,7,10-11,16H,5-6,8-9,12-14H2,1H3. The van der Waals surface area contributed by atoms with Gasteiger partial charge in [-0.05, 0) is 42.0 Å². The van der Waals surface area contributed by atoms with Crippen molar-refractivity contribution in [3.8, 4) is 11.5 Å². The van der Waals surface area contributed by atoms with Crippen LogP contribution in [-0.2, 0) is 17.8 Å². The molecule has 0 atom stereocenters. The molecule has 7 nitrogen and oxygen atoms in total. The van der Waals surface area contributed by atoms with Crippen LogP contribution in [0.5, 0.6) is 11.5 Å². The summed E-state index contributed by atoms with van der Waals surface area (Å²) in [5, 5.41) is 11.8. The van der Waals surface area contributed by atoms with E-state index in [0.29, 0.717) is 31.6 Å². The molecule has 5 rings (SSSR count). The lowest BCUT2D eigenvalue weighted by atomic mass is 10.2. The topological polar surface area (TPSA) is 69.5 Å². The van der Waals surface area contributed by atoms with E-state index in [1.54, 1.807) is 16.2 Å². The molecule has 2 aliphatic rings. The lowest BCUT2D eigenvalue weighted by Gasteiger charge is -2.21. The van der Waals surface area contributed by atoms with Gasteiger partial charge in [0.1, 0.15) is 19.0 Å². The molecule has 1 fully saturated rings. The van der Waals surface area contributed by atoms with Crippen LogP contribution in [0.15, 0.2) is 40.9 Å². The van der Waals surface area contributed by atoms with Crippen molar-refractivity contribution in [2.45, 2.75) is 37.0 Å². The van der Waals surface area contributed by atoms with Gasteiger partial charge in [-0.1, -0.05) is 23.9 Å². The molecule has 9 heteroatoms. The number of benzene rings is 1. The molecule has 0 unspecified atom stereocenters. The molecule has 2 aromatic heterocycles. The zero-order valence-corrected chi connectivity index (χ0v) is 19.0. The Labute approximate surface area is 189 Å². The smallest absolute Gasteiger partial charge is 0.233 e. The predicted octanol–water partition coefficient (Wildman–Crippen LogP) is 3.79. The number of thiophene rings is 1. The van der Waals surface area contributed by atoms with Crippen LogP contribution < -0.4 is 9.47 Å². The van der Waals surface area contributed by atoms with E-state index in [-0.39, 0.29) is 5.91 Å². The Hall–Kier alpha value is -2.52. The average Bonchev–Trinajstić information content (AvgIpc) is 3.34. The maximum absolute atomic E-state index is 12.8. The van der Waals surface area contributed by atoms with E-state index in [4.69, 9.17) is 9.47 Å². The van der Waals surface area contributed by atoms with E-state index in [9.17, 15) is 4.79 Å². The first-order chi connectivity index (χ1) is 15.2. The Kier molecular flexibility index (Phi) is 5.87. The Bertz CT molecular complexity index is 1060. The van der Waals surface area contributed by atoms with Gasteiger partial charge in [-0.25, -0.2) is 0 Å². The first-order valence-corrected chi connectivity index (χ1v) is 12.3. The molecule has 0 spiro atoms. The van der Waals surface area contributed by atoms with Gasteiger partial charge in [0.2, 0.25) is 5.91 Å². The number of hydrogen-bond acceptors (Lipinski definition) is 7. The molecule has 1 aromatic carbocycles. The van der Waals surface area contributed by atoms with E-state index in [1.807, 2.05) is 25.2 Å². The summed E-state index contributed by atoms with van der Waals surface area (Å²) in [6, 6.07) is 10.5. The van der Waals surface area contributed by atoms with Crippen LogP contribution in [0, 0.1) is 0 Å². The number of amides is 1. The summed E-state index contributed by atoms with van der Waals surface area (Å²) in [4.78, 5) is 15.8. The van der Waals surface area contributed by atoms with Crippen LogP contribution in [0.1, 0.15) is 35.1 Å². The van der Waals surface area contributed by atoms with Crippen LogP contribution in [0.3, 0.4) is 0 Å². The Morgan fingerprint density at radius 3 is 2.84 bits per heavy atom. The first-order valence-electron chi connectivity index (χ1n) is 10.4. The van der Waals surface area contributed by atoms with Crippen molar-refractivity contribution in [1.82, 2.24) is 19.7 Å². The van der Waals surface area contributed by atoms with E-state index >= 15 is 0 Å². The van der Waals surface area contributed by atoms with Crippen molar-refractivity contribution >= 4 is 29.0 Å². The molecule has 1 saturated carbocycles. The van der Waals surface area contributed by atoms with Gasteiger partial charge in [0.15, 0.2) is 16.7 Å². The highest BCUT2D eigenvalue weighted by Crippen LogP contribution is 2.39. The summed E-state index contributed by atoms with van der Waals surface area (Å²) in [6.07, 6.45) is 3.10. The van der Waals surface area contributed by atoms with Crippen LogP contribution >= 0.6 is 23.1 Å². The number of thioether (sulfide) groups is 1. The highest BCUT2D eigenvalue weighted by Gasteiger charge is 2.30. The number of aromatic nitrogens is 3. The van der Waals surface area contributed by atoms with Crippen molar-refractivity contribution in [3.63, 3.8) is 0 Å². The molecule has 1 aliphatic carbocycles. The summed E-state index contributed by atoms with van der Waals surface area (Å²) < 4.78 is 13.4. The second-order valence-electron chi connectivity index (χ2n) is 7.77. The molecule has 1 amide bonds. The fraction of sp³-hybridized carbons (Fsp3) is 0.409. The molecule has 3 aromatic rings. The van der Waals surface area contributed by atoms with Crippen molar-refractivity contribution < 1.29 is 14.3 Å². The van der Waals surface area contributed by atoms with Crippen molar-refractivity contribution in [2.24, 2.45) is 0 Å². The Morgan fingerprint density at radius 1 is 1.23 bits per heavy atom. The number of carbonyl (C=O) groups is 1. The van der Waals surface area contributed by atoms with Gasteiger partial charge in [0.25, 0.3) is 0 Å². The molecule has 162 valence electrons. The fourth-order valence-corrected chi connectivity index (χ4v) is 5.25. The third kappa shape index (κ3) is 4.72. The second kappa shape index (κ2) is 8.92.